The van der Waals surface area contributed by atoms with Crippen molar-refractivity contribution in [2.45, 2.75) is 25.9 Å². The number of aromatic nitrogens is 1. The van der Waals surface area contributed by atoms with Gasteiger partial charge in [0.1, 0.15) is 11.4 Å². The van der Waals surface area contributed by atoms with Gasteiger partial charge in [0.25, 0.3) is 0 Å². The highest BCUT2D eigenvalue weighted by Gasteiger charge is 2.24. The molecule has 0 saturated heterocycles. The number of benzene rings is 1. The molecule has 0 bridgehead atoms. The first-order valence-electron chi connectivity index (χ1n) is 6.71. The molecule has 0 radical (unpaired) electrons. The molecule has 1 heterocycles. The summed E-state index contributed by atoms with van der Waals surface area (Å²) in [6, 6.07) is 5.57. The molecule has 2 rings (SSSR count). The van der Waals surface area contributed by atoms with E-state index in [2.05, 4.69) is 10.3 Å². The molecule has 0 aliphatic carbocycles. The quantitative estimate of drug-likeness (QED) is 0.733. The van der Waals surface area contributed by atoms with Crippen molar-refractivity contribution in [1.29, 1.82) is 0 Å². The maximum absolute atomic E-state index is 12.9. The van der Waals surface area contributed by atoms with Crippen molar-refractivity contribution < 1.29 is 14.3 Å². The lowest BCUT2D eigenvalue weighted by Gasteiger charge is -2.24. The fourth-order valence-corrected chi connectivity index (χ4v) is 3.29. The van der Waals surface area contributed by atoms with E-state index < -0.39 is 5.60 Å². The zero-order valence-electron chi connectivity index (χ0n) is 12.3. The average Bonchev–Trinajstić information content (AvgIpc) is 2.75. The predicted molar refractivity (Wildman–Crippen MR) is 86.9 cm³/mol. The molecule has 118 valence electrons. The number of aromatic amines is 1. The van der Waals surface area contributed by atoms with Gasteiger partial charge in [-0.05, 0) is 43.8 Å². The Balaban J connectivity index is 1.96. The Morgan fingerprint density at radius 3 is 2.64 bits per heavy atom. The summed E-state index contributed by atoms with van der Waals surface area (Å²) in [5.41, 5.74) is 0.168. The summed E-state index contributed by atoms with van der Waals surface area (Å²) >= 11 is 6.40. The minimum atomic E-state index is -1.26. The van der Waals surface area contributed by atoms with Gasteiger partial charge in [-0.1, -0.05) is 12.1 Å². The Bertz CT molecular complexity index is 720. The van der Waals surface area contributed by atoms with Crippen molar-refractivity contribution in [1.82, 2.24) is 10.3 Å². The van der Waals surface area contributed by atoms with Gasteiger partial charge in [-0.3, -0.25) is 4.79 Å². The van der Waals surface area contributed by atoms with Crippen LogP contribution in [0.2, 0.25) is 0 Å². The predicted octanol–water partition coefficient (Wildman–Crippen LogP) is 2.82. The zero-order valence-corrected chi connectivity index (χ0v) is 13.9. The van der Waals surface area contributed by atoms with Gasteiger partial charge in [-0.25, -0.2) is 4.39 Å². The third-order valence-electron chi connectivity index (χ3n) is 3.34. The zero-order chi connectivity index (χ0) is 16.3. The van der Waals surface area contributed by atoms with Crippen LogP contribution in [-0.2, 0) is 16.8 Å². The molecule has 0 saturated carbocycles. The van der Waals surface area contributed by atoms with Crippen LogP contribution in [0.3, 0.4) is 0 Å². The number of thiazole rings is 1. The van der Waals surface area contributed by atoms with E-state index in [4.69, 9.17) is 12.2 Å². The molecule has 1 atom stereocenters. The number of nitrogens with one attached hydrogen (secondary N) is 2. The fourth-order valence-electron chi connectivity index (χ4n) is 2.00. The van der Waals surface area contributed by atoms with E-state index in [1.54, 1.807) is 6.92 Å². The number of aryl methyl sites for hydroxylation is 1. The molecular weight excluding hydrogens is 323 g/mol. The van der Waals surface area contributed by atoms with Crippen molar-refractivity contribution in [2.24, 2.45) is 0 Å². The number of H-pyrrole nitrogens is 1. The number of aliphatic hydroxyl groups is 1. The van der Waals surface area contributed by atoms with Crippen molar-refractivity contribution in [3.05, 3.63) is 50.2 Å². The van der Waals surface area contributed by atoms with Crippen LogP contribution >= 0.6 is 23.6 Å². The summed E-state index contributed by atoms with van der Waals surface area (Å²) in [5, 5.41) is 13.1. The summed E-state index contributed by atoms with van der Waals surface area (Å²) in [7, 11) is 0. The first-order valence-corrected chi connectivity index (χ1v) is 7.94. The number of hydrogen-bond acceptors (Lipinski definition) is 4. The molecule has 1 aromatic carbocycles. The average molecular weight is 340 g/mol. The van der Waals surface area contributed by atoms with Crippen molar-refractivity contribution in [2.75, 3.05) is 6.54 Å². The summed E-state index contributed by atoms with van der Waals surface area (Å²) in [5.74, 6) is -0.566. The highest BCUT2D eigenvalue weighted by molar-refractivity contribution is 7.73. The van der Waals surface area contributed by atoms with Gasteiger partial charge in [0.2, 0.25) is 5.91 Å². The van der Waals surface area contributed by atoms with Gasteiger partial charge >= 0.3 is 0 Å². The number of carbonyl (C=O) groups excluding carboxylic acids is 1. The molecular formula is C15H17FN2O2S2. The Hall–Kier alpha value is -1.57. The van der Waals surface area contributed by atoms with Crippen LogP contribution in [0.25, 0.3) is 0 Å². The lowest BCUT2D eigenvalue weighted by atomic mass is 9.96. The van der Waals surface area contributed by atoms with Crippen LogP contribution in [0.1, 0.15) is 23.1 Å². The molecule has 22 heavy (non-hydrogen) atoms. The minimum Gasteiger partial charge on any atom is -0.384 e. The van der Waals surface area contributed by atoms with Gasteiger partial charge in [0.05, 0.1) is 13.0 Å². The monoisotopic (exact) mass is 340 g/mol. The van der Waals surface area contributed by atoms with Gasteiger partial charge in [0.15, 0.2) is 3.95 Å². The smallest absolute Gasteiger partial charge is 0.225 e. The van der Waals surface area contributed by atoms with Gasteiger partial charge < -0.3 is 15.4 Å². The maximum atomic E-state index is 12.9. The number of halogens is 1. The lowest BCUT2D eigenvalue weighted by molar-refractivity contribution is -0.121. The van der Waals surface area contributed by atoms with Crippen molar-refractivity contribution >= 4 is 29.5 Å². The summed E-state index contributed by atoms with van der Waals surface area (Å²) < 4.78 is 13.5. The van der Waals surface area contributed by atoms with E-state index in [1.165, 1.54) is 35.6 Å². The molecule has 1 aromatic heterocycles. The third kappa shape index (κ3) is 4.22. The number of hydrogen-bond donors (Lipinski definition) is 3. The van der Waals surface area contributed by atoms with Crippen molar-refractivity contribution in [3.8, 4) is 0 Å². The highest BCUT2D eigenvalue weighted by atomic mass is 32.1. The standard InChI is InChI=1S/C15H17FN2O2S2/c1-9-12(22-14(21)18-9)7-13(19)17-8-15(2,20)10-3-5-11(16)6-4-10/h3-6,20H,7-8H2,1-2H3,(H,17,19)(H,18,21)/t15-/m1/s1. The Kier molecular flexibility index (Phi) is 5.10. The maximum Gasteiger partial charge on any atom is 0.225 e. The molecule has 1 amide bonds. The van der Waals surface area contributed by atoms with E-state index in [9.17, 15) is 14.3 Å². The van der Waals surface area contributed by atoms with E-state index in [1.807, 2.05) is 6.92 Å². The van der Waals surface area contributed by atoms with Crippen LogP contribution in [0.15, 0.2) is 24.3 Å². The number of rotatable bonds is 5. The second-order valence-electron chi connectivity index (χ2n) is 5.30. The van der Waals surface area contributed by atoms with Gasteiger partial charge in [-0.2, -0.15) is 0 Å². The number of carbonyl (C=O) groups is 1. The molecule has 0 aliphatic heterocycles. The topological polar surface area (TPSA) is 65.1 Å². The van der Waals surface area contributed by atoms with Crippen LogP contribution in [0.5, 0.6) is 0 Å². The SMILES string of the molecule is Cc1[nH]c(=S)sc1CC(=O)NC[C@@](C)(O)c1ccc(F)cc1. The Morgan fingerprint density at radius 1 is 1.45 bits per heavy atom. The second-order valence-corrected chi connectivity index (χ2v) is 7.07. The molecule has 7 heteroatoms. The normalized spacial score (nSPS) is 13.6. The summed E-state index contributed by atoms with van der Waals surface area (Å²) in [6.07, 6.45) is 0.211. The lowest BCUT2D eigenvalue weighted by Crippen LogP contribution is -2.39. The van der Waals surface area contributed by atoms with Crippen LogP contribution in [-0.4, -0.2) is 22.5 Å². The van der Waals surface area contributed by atoms with E-state index >= 15 is 0 Å². The summed E-state index contributed by atoms with van der Waals surface area (Å²) in [4.78, 5) is 15.8. The second kappa shape index (κ2) is 6.68. The van der Waals surface area contributed by atoms with Crippen LogP contribution in [0.4, 0.5) is 4.39 Å². The first kappa shape index (κ1) is 16.8. The van der Waals surface area contributed by atoms with Crippen LogP contribution < -0.4 is 5.32 Å². The molecule has 0 aliphatic rings. The molecule has 3 N–H and O–H groups in total. The van der Waals surface area contributed by atoms with Crippen molar-refractivity contribution in [3.63, 3.8) is 0 Å². The first-order chi connectivity index (χ1) is 10.3. The molecule has 2 aromatic rings. The van der Waals surface area contributed by atoms with Gasteiger partial charge in [0, 0.05) is 10.6 Å². The fraction of sp³-hybridized carbons (Fsp3) is 0.333. The Labute approximate surface area is 137 Å². The Morgan fingerprint density at radius 2 is 2.09 bits per heavy atom. The molecule has 4 nitrogen and oxygen atoms in total. The van der Waals surface area contributed by atoms with Gasteiger partial charge in [-0.15, -0.1) is 11.3 Å². The van der Waals surface area contributed by atoms with E-state index in [-0.39, 0.29) is 24.7 Å². The van der Waals surface area contributed by atoms with Crippen LogP contribution in [0, 0.1) is 16.7 Å². The minimum absolute atomic E-state index is 0.0480. The molecule has 0 unspecified atom stereocenters. The van der Waals surface area contributed by atoms with E-state index in [0.29, 0.717) is 9.52 Å². The molecule has 0 spiro atoms. The summed E-state index contributed by atoms with van der Waals surface area (Å²) in [6.45, 7) is 3.49. The highest BCUT2D eigenvalue weighted by Crippen LogP contribution is 2.20. The molecule has 0 fully saturated rings. The number of amides is 1. The van der Waals surface area contributed by atoms with E-state index in [0.717, 1.165) is 10.6 Å². The third-order valence-corrected chi connectivity index (χ3v) is 4.68. The largest absolute Gasteiger partial charge is 0.384 e.